The Morgan fingerprint density at radius 2 is 1.81 bits per heavy atom. The first-order valence-electron chi connectivity index (χ1n) is 9.29. The van der Waals surface area contributed by atoms with Gasteiger partial charge in [-0.2, -0.15) is 0 Å². The van der Waals surface area contributed by atoms with Crippen molar-refractivity contribution in [3.8, 4) is 0 Å². The molecule has 4 rings (SSSR count). The molecule has 2 amide bonds. The van der Waals surface area contributed by atoms with Crippen LogP contribution in [0, 0.1) is 13.8 Å². The van der Waals surface area contributed by atoms with Crippen LogP contribution >= 0.6 is 0 Å². The van der Waals surface area contributed by atoms with Gasteiger partial charge in [0.25, 0.3) is 5.91 Å². The highest BCUT2D eigenvalue weighted by Gasteiger charge is 2.23. The molecule has 3 aromatic rings. The number of fused-ring (bicyclic) bond motifs is 1. The molecule has 0 spiro atoms. The lowest BCUT2D eigenvalue weighted by molar-refractivity contribution is -0.120. The highest BCUT2D eigenvalue weighted by atomic mass is 16.2. The molecule has 0 atom stereocenters. The van der Waals surface area contributed by atoms with Crippen LogP contribution in [0.4, 0.5) is 5.69 Å². The molecule has 2 aromatic carbocycles. The van der Waals surface area contributed by atoms with E-state index in [9.17, 15) is 9.59 Å². The average Bonchev–Trinajstić information content (AvgIpc) is 3.41. The molecule has 1 aliphatic rings. The zero-order valence-electron chi connectivity index (χ0n) is 15.6. The number of aryl methyl sites for hydroxylation is 2. The molecule has 1 aliphatic carbocycles. The minimum atomic E-state index is -0.152. The zero-order valence-corrected chi connectivity index (χ0v) is 15.6. The molecule has 3 N–H and O–H groups in total. The number of hydrogen-bond acceptors (Lipinski definition) is 2. The molecular weight excluding hydrogens is 338 g/mol. The third-order valence-electron chi connectivity index (χ3n) is 5.11. The highest BCUT2D eigenvalue weighted by Crippen LogP contribution is 2.25. The number of aromatic amines is 1. The van der Waals surface area contributed by atoms with Gasteiger partial charge in [-0.25, -0.2) is 0 Å². The topological polar surface area (TPSA) is 74.0 Å². The van der Waals surface area contributed by atoms with Crippen molar-refractivity contribution in [1.29, 1.82) is 0 Å². The number of amides is 2. The largest absolute Gasteiger partial charge is 0.358 e. The highest BCUT2D eigenvalue weighted by molar-refractivity contribution is 6.12. The molecule has 1 heterocycles. The third-order valence-corrected chi connectivity index (χ3v) is 5.11. The fourth-order valence-corrected chi connectivity index (χ4v) is 3.27. The Labute approximate surface area is 158 Å². The molecule has 5 heteroatoms. The minimum absolute atomic E-state index is 0.0541. The van der Waals surface area contributed by atoms with Crippen LogP contribution in [0.2, 0.25) is 0 Å². The summed E-state index contributed by atoms with van der Waals surface area (Å²) >= 11 is 0. The van der Waals surface area contributed by atoms with Gasteiger partial charge in [-0.05, 0) is 56.0 Å². The van der Waals surface area contributed by atoms with E-state index in [0.29, 0.717) is 23.7 Å². The van der Waals surface area contributed by atoms with Crippen LogP contribution in [-0.4, -0.2) is 22.8 Å². The summed E-state index contributed by atoms with van der Waals surface area (Å²) in [5, 5.41) is 6.99. The molecule has 1 saturated carbocycles. The first kappa shape index (κ1) is 17.3. The van der Waals surface area contributed by atoms with E-state index in [1.54, 1.807) is 0 Å². The number of aromatic nitrogens is 1. The Balaban J connectivity index is 1.46. The van der Waals surface area contributed by atoms with E-state index in [-0.39, 0.29) is 11.8 Å². The number of nitrogens with one attached hydrogen (secondary N) is 3. The molecular formula is C22H23N3O2. The molecule has 27 heavy (non-hydrogen) atoms. The Bertz CT molecular complexity index is 1010. The first-order chi connectivity index (χ1) is 13.0. The molecule has 0 bridgehead atoms. The van der Waals surface area contributed by atoms with Gasteiger partial charge < -0.3 is 15.6 Å². The SMILES string of the molecule is Cc1[nH]c2c(C(=O)Nc3ccc(CC(=O)NC4CC4)cc3)cccc2c1C. The fourth-order valence-electron chi connectivity index (χ4n) is 3.27. The van der Waals surface area contributed by atoms with Crippen LogP contribution < -0.4 is 10.6 Å². The van der Waals surface area contributed by atoms with E-state index < -0.39 is 0 Å². The predicted molar refractivity (Wildman–Crippen MR) is 107 cm³/mol. The van der Waals surface area contributed by atoms with Gasteiger partial charge in [0.1, 0.15) is 0 Å². The van der Waals surface area contributed by atoms with Gasteiger partial charge in [0.05, 0.1) is 17.5 Å². The Hall–Kier alpha value is -3.08. The number of carbonyl (C=O) groups is 2. The lowest BCUT2D eigenvalue weighted by Gasteiger charge is -2.08. The van der Waals surface area contributed by atoms with E-state index in [1.165, 1.54) is 0 Å². The number of H-pyrrole nitrogens is 1. The van der Waals surface area contributed by atoms with Crippen LogP contribution in [-0.2, 0) is 11.2 Å². The second kappa shape index (κ2) is 6.91. The smallest absolute Gasteiger partial charge is 0.257 e. The van der Waals surface area contributed by atoms with E-state index in [2.05, 4.69) is 15.6 Å². The van der Waals surface area contributed by atoms with Crippen molar-refractivity contribution in [2.24, 2.45) is 0 Å². The summed E-state index contributed by atoms with van der Waals surface area (Å²) in [6, 6.07) is 13.6. The number of rotatable bonds is 5. The summed E-state index contributed by atoms with van der Waals surface area (Å²) in [4.78, 5) is 27.9. The van der Waals surface area contributed by atoms with Gasteiger partial charge in [-0.15, -0.1) is 0 Å². The second-order valence-electron chi connectivity index (χ2n) is 7.27. The van der Waals surface area contributed by atoms with Gasteiger partial charge in [0, 0.05) is 22.8 Å². The van der Waals surface area contributed by atoms with Crippen molar-refractivity contribution in [3.05, 3.63) is 64.8 Å². The van der Waals surface area contributed by atoms with Crippen molar-refractivity contribution in [3.63, 3.8) is 0 Å². The normalized spacial score (nSPS) is 13.6. The lowest BCUT2D eigenvalue weighted by Crippen LogP contribution is -2.26. The molecule has 0 saturated heterocycles. The Morgan fingerprint density at radius 3 is 2.52 bits per heavy atom. The van der Waals surface area contributed by atoms with Crippen LogP contribution in [0.5, 0.6) is 0 Å². The maximum Gasteiger partial charge on any atom is 0.257 e. The van der Waals surface area contributed by atoms with Crippen LogP contribution in [0.15, 0.2) is 42.5 Å². The van der Waals surface area contributed by atoms with Crippen molar-refractivity contribution in [2.75, 3.05) is 5.32 Å². The Morgan fingerprint density at radius 1 is 1.07 bits per heavy atom. The maximum absolute atomic E-state index is 12.7. The first-order valence-corrected chi connectivity index (χ1v) is 9.29. The molecule has 1 fully saturated rings. The number of anilines is 1. The third kappa shape index (κ3) is 3.72. The standard InChI is InChI=1S/C22H23N3O2/c1-13-14(2)23-21-18(13)4-3-5-19(21)22(27)25-17-8-6-15(7-9-17)12-20(26)24-16-10-11-16/h3-9,16,23H,10-12H2,1-2H3,(H,24,26)(H,25,27). The fraction of sp³-hybridized carbons (Fsp3) is 0.273. The Kier molecular flexibility index (Phi) is 4.44. The summed E-state index contributed by atoms with van der Waals surface area (Å²) in [5.41, 5.74) is 5.36. The lowest BCUT2D eigenvalue weighted by atomic mass is 10.1. The van der Waals surface area contributed by atoms with Crippen LogP contribution in [0.25, 0.3) is 10.9 Å². The monoisotopic (exact) mass is 361 g/mol. The van der Waals surface area contributed by atoms with Crippen molar-refractivity contribution < 1.29 is 9.59 Å². The van der Waals surface area contributed by atoms with Crippen LogP contribution in [0.1, 0.15) is 40.0 Å². The van der Waals surface area contributed by atoms with E-state index in [4.69, 9.17) is 0 Å². The summed E-state index contributed by atoms with van der Waals surface area (Å²) in [6.45, 7) is 4.06. The van der Waals surface area contributed by atoms with E-state index in [1.807, 2.05) is 56.3 Å². The molecule has 138 valence electrons. The van der Waals surface area contributed by atoms with Crippen LogP contribution in [0.3, 0.4) is 0 Å². The molecule has 0 unspecified atom stereocenters. The van der Waals surface area contributed by atoms with Crippen molar-refractivity contribution >= 4 is 28.4 Å². The van der Waals surface area contributed by atoms with Gasteiger partial charge in [0.15, 0.2) is 0 Å². The summed E-state index contributed by atoms with van der Waals surface area (Å²) < 4.78 is 0. The van der Waals surface area contributed by atoms with Gasteiger partial charge >= 0.3 is 0 Å². The molecule has 5 nitrogen and oxygen atoms in total. The van der Waals surface area contributed by atoms with Gasteiger partial charge in [-0.1, -0.05) is 24.3 Å². The van der Waals surface area contributed by atoms with Gasteiger partial charge in [-0.3, -0.25) is 9.59 Å². The summed E-state index contributed by atoms with van der Waals surface area (Å²) in [6.07, 6.45) is 2.54. The summed E-state index contributed by atoms with van der Waals surface area (Å²) in [7, 11) is 0. The maximum atomic E-state index is 12.7. The number of carbonyl (C=O) groups excluding carboxylic acids is 2. The molecule has 1 aromatic heterocycles. The molecule has 0 aliphatic heterocycles. The van der Waals surface area contributed by atoms with Gasteiger partial charge in [0.2, 0.25) is 5.91 Å². The zero-order chi connectivity index (χ0) is 19.0. The molecule has 0 radical (unpaired) electrons. The van der Waals surface area contributed by atoms with Crippen molar-refractivity contribution in [2.45, 2.75) is 39.2 Å². The predicted octanol–water partition coefficient (Wildman–Crippen LogP) is 3.86. The van der Waals surface area contributed by atoms with E-state index in [0.717, 1.165) is 40.6 Å². The van der Waals surface area contributed by atoms with Crippen molar-refractivity contribution in [1.82, 2.24) is 10.3 Å². The van der Waals surface area contributed by atoms with E-state index >= 15 is 0 Å². The number of benzene rings is 2. The number of hydrogen-bond donors (Lipinski definition) is 3. The minimum Gasteiger partial charge on any atom is -0.358 e. The quantitative estimate of drug-likeness (QED) is 0.646. The average molecular weight is 361 g/mol. The second-order valence-corrected chi connectivity index (χ2v) is 7.27. The summed E-state index contributed by atoms with van der Waals surface area (Å²) in [5.74, 6) is -0.0977. The number of para-hydroxylation sites is 1.